The van der Waals surface area contributed by atoms with Gasteiger partial charge >= 0.3 is 5.97 Å². The van der Waals surface area contributed by atoms with Crippen LogP contribution in [0.4, 0.5) is 0 Å². The first-order chi connectivity index (χ1) is 13.7. The molecule has 0 radical (unpaired) electrons. The van der Waals surface area contributed by atoms with E-state index in [2.05, 4.69) is 9.97 Å². The van der Waals surface area contributed by atoms with Crippen LogP contribution in [-0.4, -0.2) is 22.5 Å². The third kappa shape index (κ3) is 3.97. The van der Waals surface area contributed by atoms with Gasteiger partial charge in [-0.15, -0.1) is 0 Å². The number of halogens is 1. The number of hydrogen-bond donors (Lipinski definition) is 0. The van der Waals surface area contributed by atoms with Crippen LogP contribution in [0.5, 0.6) is 5.75 Å². The van der Waals surface area contributed by atoms with E-state index in [9.17, 15) is 4.79 Å². The molecule has 0 saturated heterocycles. The number of pyridine rings is 1. The molecule has 0 atom stereocenters. The van der Waals surface area contributed by atoms with E-state index in [1.54, 1.807) is 30.6 Å². The zero-order valence-corrected chi connectivity index (χ0v) is 15.4. The molecule has 28 heavy (non-hydrogen) atoms. The average Bonchev–Trinajstić information content (AvgIpc) is 3.22. The number of esters is 1. The number of carbonyl (C=O) groups is 1. The van der Waals surface area contributed by atoms with Crippen molar-refractivity contribution < 1.29 is 18.7 Å². The Morgan fingerprint density at radius 2 is 1.89 bits per heavy atom. The summed E-state index contributed by atoms with van der Waals surface area (Å²) in [6.07, 6.45) is 3.23. The highest BCUT2D eigenvalue weighted by Gasteiger charge is 2.12. The minimum Gasteiger partial charge on any atom is -0.480 e. The number of rotatable bonds is 6. The molecule has 4 aromatic rings. The zero-order valence-electron chi connectivity index (χ0n) is 14.7. The van der Waals surface area contributed by atoms with Crippen LogP contribution < -0.4 is 4.74 Å². The summed E-state index contributed by atoms with van der Waals surface area (Å²) in [5.74, 6) is 0.838. The van der Waals surface area contributed by atoms with Gasteiger partial charge in [0.15, 0.2) is 19.0 Å². The lowest BCUT2D eigenvalue weighted by atomic mass is 10.2. The predicted molar refractivity (Wildman–Crippen MR) is 104 cm³/mol. The number of carbonyl (C=O) groups excluding carboxylic acids is 1. The van der Waals surface area contributed by atoms with Crippen LogP contribution in [0.3, 0.4) is 0 Å². The number of nitrogens with zero attached hydrogens (tertiary/aromatic N) is 2. The fourth-order valence-corrected chi connectivity index (χ4v) is 2.88. The second kappa shape index (κ2) is 8.10. The molecule has 2 aromatic carbocycles. The molecule has 2 heterocycles. The van der Waals surface area contributed by atoms with Crippen LogP contribution in [0, 0.1) is 0 Å². The zero-order chi connectivity index (χ0) is 19.3. The van der Waals surface area contributed by atoms with E-state index in [0.29, 0.717) is 27.9 Å². The van der Waals surface area contributed by atoms with Crippen LogP contribution in [0.15, 0.2) is 71.4 Å². The molecule has 0 fully saturated rings. The Labute approximate surface area is 165 Å². The lowest BCUT2D eigenvalue weighted by Gasteiger charge is -2.09. The molecule has 2 aromatic heterocycles. The van der Waals surface area contributed by atoms with Crippen molar-refractivity contribution in [3.63, 3.8) is 0 Å². The van der Waals surface area contributed by atoms with Gasteiger partial charge in [0.2, 0.25) is 5.89 Å². The Bertz CT molecular complexity index is 1110. The van der Waals surface area contributed by atoms with Crippen LogP contribution in [0.1, 0.15) is 5.89 Å². The summed E-state index contributed by atoms with van der Waals surface area (Å²) in [6, 6.07) is 16.5. The molecule has 0 unspecified atom stereocenters. The predicted octanol–water partition coefficient (Wildman–Crippen LogP) is 4.67. The van der Waals surface area contributed by atoms with Crippen molar-refractivity contribution in [3.8, 4) is 17.1 Å². The average molecular weight is 395 g/mol. The van der Waals surface area contributed by atoms with Gasteiger partial charge in [0.05, 0.1) is 11.2 Å². The Kier molecular flexibility index (Phi) is 5.21. The first-order valence-corrected chi connectivity index (χ1v) is 8.90. The van der Waals surface area contributed by atoms with E-state index in [1.807, 2.05) is 36.4 Å². The van der Waals surface area contributed by atoms with Gasteiger partial charge in [-0.25, -0.2) is 9.78 Å². The maximum Gasteiger partial charge on any atom is 0.344 e. The van der Waals surface area contributed by atoms with Gasteiger partial charge in [-0.3, -0.25) is 4.98 Å². The van der Waals surface area contributed by atoms with E-state index in [0.717, 1.165) is 10.9 Å². The van der Waals surface area contributed by atoms with Gasteiger partial charge in [-0.2, -0.15) is 0 Å². The molecule has 0 N–H and O–H groups in total. The summed E-state index contributed by atoms with van der Waals surface area (Å²) < 4.78 is 16.3. The quantitative estimate of drug-likeness (QED) is 0.442. The van der Waals surface area contributed by atoms with Crippen LogP contribution in [-0.2, 0) is 16.1 Å². The second-order valence-electron chi connectivity index (χ2n) is 5.88. The summed E-state index contributed by atoms with van der Waals surface area (Å²) in [5, 5.41) is 1.32. The number of ether oxygens (including phenoxy) is 2. The Hall–Kier alpha value is -3.38. The first-order valence-electron chi connectivity index (χ1n) is 8.52. The molecule has 140 valence electrons. The number of hydrogen-bond acceptors (Lipinski definition) is 6. The van der Waals surface area contributed by atoms with Crippen molar-refractivity contribution in [2.24, 2.45) is 0 Å². The van der Waals surface area contributed by atoms with Crippen molar-refractivity contribution in [2.45, 2.75) is 6.61 Å². The molecule has 0 aliphatic heterocycles. The van der Waals surface area contributed by atoms with Gasteiger partial charge < -0.3 is 13.9 Å². The topological polar surface area (TPSA) is 74.5 Å². The minimum absolute atomic E-state index is 0.0748. The van der Waals surface area contributed by atoms with Gasteiger partial charge in [0.1, 0.15) is 11.3 Å². The van der Waals surface area contributed by atoms with E-state index >= 15 is 0 Å². The maximum atomic E-state index is 12.0. The molecule has 4 rings (SSSR count). The van der Waals surface area contributed by atoms with E-state index < -0.39 is 5.97 Å². The molecule has 0 spiro atoms. The summed E-state index contributed by atoms with van der Waals surface area (Å²) in [4.78, 5) is 20.4. The van der Waals surface area contributed by atoms with Crippen molar-refractivity contribution in [3.05, 3.63) is 77.9 Å². The Balaban J connectivity index is 1.35. The summed E-state index contributed by atoms with van der Waals surface area (Å²) >= 11 is 6.15. The molecule has 6 nitrogen and oxygen atoms in total. The highest BCUT2D eigenvalue weighted by Crippen LogP contribution is 2.29. The van der Waals surface area contributed by atoms with Crippen molar-refractivity contribution >= 4 is 28.5 Å². The summed E-state index contributed by atoms with van der Waals surface area (Å²) in [5.41, 5.74) is 1.49. The number of benzene rings is 2. The van der Waals surface area contributed by atoms with Crippen LogP contribution in [0.2, 0.25) is 5.02 Å². The molecule has 0 aliphatic rings. The smallest absolute Gasteiger partial charge is 0.344 e. The highest BCUT2D eigenvalue weighted by molar-refractivity contribution is 6.35. The lowest BCUT2D eigenvalue weighted by molar-refractivity contribution is -0.148. The van der Waals surface area contributed by atoms with Gasteiger partial charge in [-0.1, -0.05) is 41.9 Å². The fourth-order valence-electron chi connectivity index (χ4n) is 2.66. The van der Waals surface area contributed by atoms with E-state index in [-0.39, 0.29) is 13.2 Å². The third-order valence-electron chi connectivity index (χ3n) is 3.99. The molecule has 7 heteroatoms. The standard InChI is InChI=1S/C21H15ClN2O4/c22-16-8-9-17(21-15(16)7-4-10-23-21)26-13-20(25)27-12-19-24-11-18(28-19)14-5-2-1-3-6-14/h1-11H,12-13H2. The van der Waals surface area contributed by atoms with Crippen LogP contribution >= 0.6 is 11.6 Å². The molecular formula is C21H15ClN2O4. The highest BCUT2D eigenvalue weighted by atomic mass is 35.5. The summed E-state index contributed by atoms with van der Waals surface area (Å²) in [7, 11) is 0. The number of fused-ring (bicyclic) bond motifs is 1. The van der Waals surface area contributed by atoms with Gasteiger partial charge in [0, 0.05) is 17.1 Å². The molecule has 0 bridgehead atoms. The Morgan fingerprint density at radius 3 is 2.75 bits per heavy atom. The van der Waals surface area contributed by atoms with Crippen molar-refractivity contribution in [1.29, 1.82) is 0 Å². The molecule has 0 amide bonds. The van der Waals surface area contributed by atoms with E-state index in [4.69, 9.17) is 25.5 Å². The van der Waals surface area contributed by atoms with Gasteiger partial charge in [0.25, 0.3) is 0 Å². The largest absolute Gasteiger partial charge is 0.480 e. The lowest BCUT2D eigenvalue weighted by Crippen LogP contribution is -2.15. The maximum absolute atomic E-state index is 12.0. The minimum atomic E-state index is -0.543. The normalized spacial score (nSPS) is 10.8. The van der Waals surface area contributed by atoms with Crippen molar-refractivity contribution in [2.75, 3.05) is 6.61 Å². The third-order valence-corrected chi connectivity index (χ3v) is 4.32. The molecule has 0 saturated carbocycles. The molecule has 0 aliphatic carbocycles. The summed E-state index contributed by atoms with van der Waals surface area (Å²) in [6.45, 7) is -0.339. The Morgan fingerprint density at radius 1 is 1.04 bits per heavy atom. The molecular weight excluding hydrogens is 380 g/mol. The van der Waals surface area contributed by atoms with E-state index in [1.165, 1.54) is 0 Å². The monoisotopic (exact) mass is 394 g/mol. The first kappa shape index (κ1) is 18.0. The number of oxazole rings is 1. The number of aromatic nitrogens is 2. The van der Waals surface area contributed by atoms with Crippen LogP contribution in [0.25, 0.3) is 22.2 Å². The van der Waals surface area contributed by atoms with Crippen molar-refractivity contribution in [1.82, 2.24) is 9.97 Å². The fraction of sp³-hybridized carbons (Fsp3) is 0.0952. The van der Waals surface area contributed by atoms with Gasteiger partial charge in [-0.05, 0) is 24.3 Å². The SMILES string of the molecule is O=C(COc1ccc(Cl)c2cccnc12)OCc1ncc(-c2ccccc2)o1. The second-order valence-corrected chi connectivity index (χ2v) is 6.29.